The lowest BCUT2D eigenvalue weighted by molar-refractivity contribution is -0.140. The summed E-state index contributed by atoms with van der Waals surface area (Å²) < 4.78 is 53.8. The molecule has 0 N–H and O–H groups in total. The fourth-order valence-corrected chi connectivity index (χ4v) is 2.82. The van der Waals surface area contributed by atoms with Gasteiger partial charge in [0, 0.05) is 11.1 Å². The van der Waals surface area contributed by atoms with Crippen LogP contribution in [-0.4, -0.2) is 131 Å². The van der Waals surface area contributed by atoms with Crippen LogP contribution in [0.5, 0.6) is 5.75 Å². The Morgan fingerprint density at radius 3 is 1.20 bits per heavy atom. The number of carbonyl (C=O) groups is 2. The highest BCUT2D eigenvalue weighted by atomic mass is 16.6. The molecule has 0 saturated heterocycles. The summed E-state index contributed by atoms with van der Waals surface area (Å²) in [6.07, 6.45) is 0.794. The number of hydrogen-bond acceptors (Lipinski definition) is 12. The quantitative estimate of drug-likeness (QED) is 0.0567. The van der Waals surface area contributed by atoms with Gasteiger partial charge >= 0.3 is 5.97 Å². The van der Waals surface area contributed by atoms with E-state index in [2.05, 4.69) is 6.58 Å². The highest BCUT2D eigenvalue weighted by molar-refractivity contribution is 5.86. The molecule has 41 heavy (non-hydrogen) atoms. The number of hydrogen-bond donors (Lipinski definition) is 0. The molecule has 0 amide bonds. The number of aldehydes is 1. The molecule has 0 atom stereocenters. The molecule has 0 saturated carbocycles. The van der Waals surface area contributed by atoms with Crippen molar-refractivity contribution in [3.8, 4) is 5.75 Å². The topological polar surface area (TPSA) is 126 Å². The smallest absolute Gasteiger partial charge is 0.333 e. The molecule has 0 unspecified atom stereocenters. The first-order chi connectivity index (χ1) is 20.1. The van der Waals surface area contributed by atoms with Gasteiger partial charge in [-0.2, -0.15) is 0 Å². The lowest BCUT2D eigenvalue weighted by Crippen LogP contribution is -2.15. The second kappa shape index (κ2) is 27.7. The summed E-state index contributed by atoms with van der Waals surface area (Å²) in [7, 11) is 0. The van der Waals surface area contributed by atoms with E-state index >= 15 is 0 Å². The van der Waals surface area contributed by atoms with Crippen LogP contribution in [0.3, 0.4) is 0 Å². The van der Waals surface area contributed by atoms with Crippen LogP contribution in [-0.2, 0) is 47.4 Å². The number of carbonyl (C=O) groups excluding carboxylic acids is 2. The first-order valence-electron chi connectivity index (χ1n) is 13.8. The summed E-state index contributed by atoms with van der Waals surface area (Å²) in [5.41, 5.74) is 0.983. The molecule has 0 radical (unpaired) electrons. The molecule has 0 aliphatic rings. The Morgan fingerprint density at radius 1 is 0.561 bits per heavy atom. The maximum Gasteiger partial charge on any atom is 0.333 e. The summed E-state index contributed by atoms with van der Waals surface area (Å²) in [6.45, 7) is 13.1. The molecular formula is C29H46O12. The van der Waals surface area contributed by atoms with Crippen LogP contribution in [0.4, 0.5) is 0 Å². The molecule has 1 aromatic carbocycles. The number of benzene rings is 1. The third kappa shape index (κ3) is 23.9. The van der Waals surface area contributed by atoms with Gasteiger partial charge in [0.25, 0.3) is 0 Å². The van der Waals surface area contributed by atoms with E-state index < -0.39 is 5.97 Å². The van der Waals surface area contributed by atoms with Crippen molar-refractivity contribution in [2.75, 3.05) is 119 Å². The van der Waals surface area contributed by atoms with Crippen molar-refractivity contribution >= 4 is 12.3 Å². The highest BCUT2D eigenvalue weighted by Gasteiger charge is 2.02. The van der Waals surface area contributed by atoms with Gasteiger partial charge in [-0.25, -0.2) is 4.79 Å². The first-order valence-corrected chi connectivity index (χ1v) is 13.8. The fourth-order valence-electron chi connectivity index (χ4n) is 2.82. The first kappa shape index (κ1) is 36.6. The highest BCUT2D eigenvalue weighted by Crippen LogP contribution is 2.10. The van der Waals surface area contributed by atoms with Gasteiger partial charge in [-0.3, -0.25) is 4.79 Å². The van der Waals surface area contributed by atoms with Crippen LogP contribution in [0.2, 0.25) is 0 Å². The zero-order valence-corrected chi connectivity index (χ0v) is 24.2. The standard InChI is InChI=1S/C29H46O12/c1-26(2)29(31)41-24-22-39-20-18-37-16-14-35-12-10-33-8-7-32-9-11-34-13-15-36-17-19-38-21-23-40-28-5-3-27(25-30)4-6-28/h3-6,25H,1,7-24H2,2H3. The van der Waals surface area contributed by atoms with Crippen LogP contribution < -0.4 is 4.74 Å². The van der Waals surface area contributed by atoms with E-state index in [0.29, 0.717) is 129 Å². The van der Waals surface area contributed by atoms with Crippen molar-refractivity contribution in [2.45, 2.75) is 6.92 Å². The second-order valence-electron chi connectivity index (χ2n) is 8.35. The number of ether oxygens (including phenoxy) is 10. The van der Waals surface area contributed by atoms with Crippen molar-refractivity contribution in [3.63, 3.8) is 0 Å². The second-order valence-corrected chi connectivity index (χ2v) is 8.35. The average molecular weight is 587 g/mol. The van der Waals surface area contributed by atoms with E-state index in [0.717, 1.165) is 6.29 Å². The Balaban J connectivity index is 1.67. The van der Waals surface area contributed by atoms with Gasteiger partial charge in [0.2, 0.25) is 0 Å². The Bertz CT molecular complexity index is 772. The zero-order valence-electron chi connectivity index (χ0n) is 24.2. The molecule has 12 heteroatoms. The lowest BCUT2D eigenvalue weighted by Gasteiger charge is -2.09. The third-order valence-corrected chi connectivity index (χ3v) is 4.93. The van der Waals surface area contributed by atoms with Gasteiger partial charge in [-0.05, 0) is 31.2 Å². The molecule has 0 spiro atoms. The van der Waals surface area contributed by atoms with Gasteiger partial charge in [0.1, 0.15) is 25.2 Å². The van der Waals surface area contributed by atoms with E-state index in [-0.39, 0.29) is 6.61 Å². The monoisotopic (exact) mass is 586 g/mol. The number of esters is 1. The maximum absolute atomic E-state index is 11.2. The molecular weight excluding hydrogens is 540 g/mol. The third-order valence-electron chi connectivity index (χ3n) is 4.93. The van der Waals surface area contributed by atoms with Gasteiger partial charge in [0.15, 0.2) is 0 Å². The van der Waals surface area contributed by atoms with Gasteiger partial charge in [-0.15, -0.1) is 0 Å². The molecule has 1 aromatic rings. The Hall–Kier alpha value is -2.42. The Labute approximate surface area is 243 Å². The zero-order chi connectivity index (χ0) is 29.6. The van der Waals surface area contributed by atoms with E-state index in [4.69, 9.17) is 47.4 Å². The van der Waals surface area contributed by atoms with Crippen molar-refractivity contribution < 1.29 is 57.0 Å². The maximum atomic E-state index is 11.2. The summed E-state index contributed by atoms with van der Waals surface area (Å²) in [4.78, 5) is 21.8. The largest absolute Gasteiger partial charge is 0.491 e. The van der Waals surface area contributed by atoms with Gasteiger partial charge < -0.3 is 47.4 Å². The Morgan fingerprint density at radius 2 is 0.878 bits per heavy atom. The number of rotatable bonds is 30. The predicted molar refractivity (Wildman–Crippen MR) is 150 cm³/mol. The molecule has 1 rings (SSSR count). The fraction of sp³-hybridized carbons (Fsp3) is 0.655. The molecule has 0 aliphatic carbocycles. The molecule has 12 nitrogen and oxygen atoms in total. The van der Waals surface area contributed by atoms with Crippen LogP contribution >= 0.6 is 0 Å². The predicted octanol–water partition coefficient (Wildman–Crippen LogP) is 2.13. The summed E-state index contributed by atoms with van der Waals surface area (Å²) in [5, 5.41) is 0. The minimum absolute atomic E-state index is 0.197. The SMILES string of the molecule is C=C(C)C(=O)OCCOCCOCCOCCOCCOCCOCCOCCOCCOc1ccc(C=O)cc1. The van der Waals surface area contributed by atoms with Crippen LogP contribution in [0.25, 0.3) is 0 Å². The summed E-state index contributed by atoms with van der Waals surface area (Å²) in [6, 6.07) is 6.92. The van der Waals surface area contributed by atoms with E-state index in [9.17, 15) is 9.59 Å². The molecule has 0 bridgehead atoms. The molecule has 0 aromatic heterocycles. The van der Waals surface area contributed by atoms with E-state index in [1.165, 1.54) is 0 Å². The Kier molecular flexibility index (Phi) is 24.8. The molecule has 234 valence electrons. The van der Waals surface area contributed by atoms with E-state index in [1.54, 1.807) is 31.2 Å². The van der Waals surface area contributed by atoms with Crippen molar-refractivity contribution in [2.24, 2.45) is 0 Å². The normalized spacial score (nSPS) is 11.0. The van der Waals surface area contributed by atoms with Crippen molar-refractivity contribution in [3.05, 3.63) is 42.0 Å². The molecule has 0 heterocycles. The minimum atomic E-state index is -0.415. The summed E-state index contributed by atoms with van der Waals surface area (Å²) in [5.74, 6) is 0.285. The summed E-state index contributed by atoms with van der Waals surface area (Å²) >= 11 is 0. The van der Waals surface area contributed by atoms with Gasteiger partial charge in [-0.1, -0.05) is 6.58 Å². The van der Waals surface area contributed by atoms with Gasteiger partial charge in [0.05, 0.1) is 106 Å². The van der Waals surface area contributed by atoms with Crippen molar-refractivity contribution in [1.82, 2.24) is 0 Å². The van der Waals surface area contributed by atoms with Crippen LogP contribution in [0.15, 0.2) is 36.4 Å². The van der Waals surface area contributed by atoms with Crippen LogP contribution in [0.1, 0.15) is 17.3 Å². The lowest BCUT2D eigenvalue weighted by atomic mass is 10.2. The van der Waals surface area contributed by atoms with Crippen LogP contribution in [0, 0.1) is 0 Å². The van der Waals surface area contributed by atoms with Crippen molar-refractivity contribution in [1.29, 1.82) is 0 Å². The molecule has 0 aliphatic heterocycles. The minimum Gasteiger partial charge on any atom is -0.491 e. The van der Waals surface area contributed by atoms with E-state index in [1.807, 2.05) is 0 Å². The molecule has 0 fully saturated rings. The average Bonchev–Trinajstić information content (AvgIpc) is 2.98.